The van der Waals surface area contributed by atoms with Crippen molar-refractivity contribution in [3.63, 3.8) is 0 Å². The number of hydrogen-bond donors (Lipinski definition) is 1. The molecule has 0 aliphatic heterocycles. The first kappa shape index (κ1) is 10.6. The van der Waals surface area contributed by atoms with Gasteiger partial charge in [0.05, 0.1) is 18.4 Å². The van der Waals surface area contributed by atoms with Crippen LogP contribution < -0.4 is 5.32 Å². The van der Waals surface area contributed by atoms with Crippen molar-refractivity contribution in [3.8, 4) is 0 Å². The van der Waals surface area contributed by atoms with Gasteiger partial charge >= 0.3 is 0 Å². The molecule has 0 unspecified atom stereocenters. The molecule has 0 aromatic carbocycles. The minimum absolute atomic E-state index is 0.626. The van der Waals surface area contributed by atoms with E-state index in [1.807, 2.05) is 31.3 Å². The second kappa shape index (κ2) is 4.40. The first-order valence-corrected chi connectivity index (χ1v) is 5.64. The van der Waals surface area contributed by atoms with E-state index in [0.717, 1.165) is 23.0 Å². The lowest BCUT2D eigenvalue weighted by molar-refractivity contribution is 0.925. The quantitative estimate of drug-likeness (QED) is 0.750. The number of aryl methyl sites for hydroxylation is 1. The fourth-order valence-corrected chi connectivity index (χ4v) is 1.70. The number of aromatic nitrogens is 5. The van der Waals surface area contributed by atoms with E-state index in [2.05, 4.69) is 25.4 Å². The van der Waals surface area contributed by atoms with Crippen molar-refractivity contribution < 1.29 is 0 Å². The monoisotopic (exact) mass is 240 g/mol. The Balaban J connectivity index is 1.76. The summed E-state index contributed by atoms with van der Waals surface area (Å²) in [5.74, 6) is 1.58. The Hall–Kier alpha value is -2.50. The van der Waals surface area contributed by atoms with Crippen LogP contribution in [-0.4, -0.2) is 24.6 Å². The van der Waals surface area contributed by atoms with Crippen LogP contribution in [0.3, 0.4) is 0 Å². The SMILES string of the molecule is Cc1nccc(CNc2ccn3nccc3n2)n1. The molecule has 3 rings (SSSR count). The Bertz CT molecular complexity index is 675. The van der Waals surface area contributed by atoms with E-state index >= 15 is 0 Å². The lowest BCUT2D eigenvalue weighted by Gasteiger charge is -2.05. The van der Waals surface area contributed by atoms with Gasteiger partial charge in [0, 0.05) is 18.5 Å². The number of hydrogen-bond acceptors (Lipinski definition) is 5. The summed E-state index contributed by atoms with van der Waals surface area (Å²) in [6.07, 6.45) is 5.35. The zero-order valence-electron chi connectivity index (χ0n) is 9.91. The number of fused-ring (bicyclic) bond motifs is 1. The zero-order valence-corrected chi connectivity index (χ0v) is 9.91. The van der Waals surface area contributed by atoms with Gasteiger partial charge in [0.25, 0.3) is 0 Å². The predicted octanol–water partition coefficient (Wildman–Crippen LogP) is 1.44. The van der Waals surface area contributed by atoms with Gasteiger partial charge in [-0.1, -0.05) is 0 Å². The van der Waals surface area contributed by atoms with E-state index in [1.54, 1.807) is 16.9 Å². The molecule has 6 nitrogen and oxygen atoms in total. The van der Waals surface area contributed by atoms with Crippen LogP contribution in [0.5, 0.6) is 0 Å². The molecule has 90 valence electrons. The molecule has 0 saturated heterocycles. The molecule has 3 aromatic rings. The van der Waals surface area contributed by atoms with Crippen molar-refractivity contribution in [3.05, 3.63) is 48.3 Å². The van der Waals surface area contributed by atoms with Gasteiger partial charge in [0.2, 0.25) is 0 Å². The van der Waals surface area contributed by atoms with Crippen molar-refractivity contribution in [2.24, 2.45) is 0 Å². The van der Waals surface area contributed by atoms with Crippen LogP contribution in [0, 0.1) is 6.92 Å². The summed E-state index contributed by atoms with van der Waals surface area (Å²) in [7, 11) is 0. The van der Waals surface area contributed by atoms with Crippen LogP contribution in [0.25, 0.3) is 5.65 Å². The molecular weight excluding hydrogens is 228 g/mol. The third-order valence-corrected chi connectivity index (χ3v) is 2.54. The van der Waals surface area contributed by atoms with Gasteiger partial charge in [-0.15, -0.1) is 0 Å². The second-order valence-corrected chi connectivity index (χ2v) is 3.90. The molecule has 0 spiro atoms. The summed E-state index contributed by atoms with van der Waals surface area (Å²) in [4.78, 5) is 12.8. The maximum absolute atomic E-state index is 4.42. The summed E-state index contributed by atoms with van der Waals surface area (Å²) < 4.78 is 1.72. The molecule has 0 aliphatic carbocycles. The first-order chi connectivity index (χ1) is 8.81. The normalized spacial score (nSPS) is 10.7. The van der Waals surface area contributed by atoms with Crippen LogP contribution in [0.1, 0.15) is 11.5 Å². The van der Waals surface area contributed by atoms with Crippen molar-refractivity contribution in [2.45, 2.75) is 13.5 Å². The predicted molar refractivity (Wildman–Crippen MR) is 67.1 cm³/mol. The number of anilines is 1. The Labute approximate surface area is 104 Å². The van der Waals surface area contributed by atoms with Gasteiger partial charge in [-0.3, -0.25) is 0 Å². The highest BCUT2D eigenvalue weighted by atomic mass is 15.2. The molecule has 3 aromatic heterocycles. The molecule has 0 bridgehead atoms. The molecule has 0 saturated carbocycles. The average molecular weight is 240 g/mol. The standard InChI is InChI=1S/C12H12N6/c1-9-13-5-2-10(16-9)8-14-11-4-7-18-12(17-11)3-6-15-18/h2-7H,8H2,1H3,(H,14,17). The zero-order chi connectivity index (χ0) is 12.4. The van der Waals surface area contributed by atoms with Gasteiger partial charge < -0.3 is 5.32 Å². The smallest absolute Gasteiger partial charge is 0.157 e. The molecule has 0 fully saturated rings. The lowest BCUT2D eigenvalue weighted by Crippen LogP contribution is -2.05. The van der Waals surface area contributed by atoms with E-state index in [0.29, 0.717) is 6.54 Å². The third kappa shape index (κ3) is 2.13. The van der Waals surface area contributed by atoms with Crippen LogP contribution in [-0.2, 0) is 6.54 Å². The lowest BCUT2D eigenvalue weighted by atomic mass is 10.4. The highest BCUT2D eigenvalue weighted by Crippen LogP contribution is 2.07. The molecule has 6 heteroatoms. The highest BCUT2D eigenvalue weighted by molar-refractivity contribution is 5.45. The van der Waals surface area contributed by atoms with E-state index < -0.39 is 0 Å². The molecular formula is C12H12N6. The van der Waals surface area contributed by atoms with E-state index in [1.165, 1.54) is 0 Å². The average Bonchev–Trinajstić information content (AvgIpc) is 2.84. The summed E-state index contributed by atoms with van der Waals surface area (Å²) in [6, 6.07) is 5.63. The van der Waals surface area contributed by atoms with E-state index in [4.69, 9.17) is 0 Å². The summed E-state index contributed by atoms with van der Waals surface area (Å²) in [5.41, 5.74) is 1.76. The third-order valence-electron chi connectivity index (χ3n) is 2.54. The minimum atomic E-state index is 0.626. The van der Waals surface area contributed by atoms with Crippen molar-refractivity contribution in [1.82, 2.24) is 24.6 Å². The van der Waals surface area contributed by atoms with Crippen LogP contribution in [0.2, 0.25) is 0 Å². The van der Waals surface area contributed by atoms with Crippen LogP contribution in [0.15, 0.2) is 36.8 Å². The van der Waals surface area contributed by atoms with Crippen molar-refractivity contribution >= 4 is 11.5 Å². The summed E-state index contributed by atoms with van der Waals surface area (Å²) in [5, 5.41) is 7.32. The molecule has 1 N–H and O–H groups in total. The molecule has 18 heavy (non-hydrogen) atoms. The van der Waals surface area contributed by atoms with Gasteiger partial charge in [-0.05, 0) is 19.1 Å². The van der Waals surface area contributed by atoms with Gasteiger partial charge in [0.15, 0.2) is 5.65 Å². The molecule has 0 amide bonds. The Morgan fingerprint density at radius 1 is 1.17 bits per heavy atom. The van der Waals surface area contributed by atoms with Gasteiger partial charge in [-0.2, -0.15) is 5.10 Å². The summed E-state index contributed by atoms with van der Waals surface area (Å²) in [6.45, 7) is 2.50. The Kier molecular flexibility index (Phi) is 2.60. The van der Waals surface area contributed by atoms with Crippen LogP contribution in [0.4, 0.5) is 5.82 Å². The number of nitrogens with zero attached hydrogens (tertiary/aromatic N) is 5. The maximum Gasteiger partial charge on any atom is 0.157 e. The minimum Gasteiger partial charge on any atom is -0.364 e. The Morgan fingerprint density at radius 3 is 3.00 bits per heavy atom. The number of rotatable bonds is 3. The summed E-state index contributed by atoms with van der Waals surface area (Å²) >= 11 is 0. The molecule has 0 aliphatic rings. The molecule has 3 heterocycles. The topological polar surface area (TPSA) is 68.0 Å². The Morgan fingerprint density at radius 2 is 2.11 bits per heavy atom. The van der Waals surface area contributed by atoms with Gasteiger partial charge in [0.1, 0.15) is 11.6 Å². The molecule has 0 radical (unpaired) electrons. The fraction of sp³-hybridized carbons (Fsp3) is 0.167. The maximum atomic E-state index is 4.42. The van der Waals surface area contributed by atoms with E-state index in [-0.39, 0.29) is 0 Å². The van der Waals surface area contributed by atoms with Crippen molar-refractivity contribution in [2.75, 3.05) is 5.32 Å². The van der Waals surface area contributed by atoms with Gasteiger partial charge in [-0.25, -0.2) is 19.5 Å². The molecule has 0 atom stereocenters. The van der Waals surface area contributed by atoms with Crippen LogP contribution >= 0.6 is 0 Å². The first-order valence-electron chi connectivity index (χ1n) is 5.64. The number of nitrogens with one attached hydrogen (secondary N) is 1. The highest BCUT2D eigenvalue weighted by Gasteiger charge is 1.99. The van der Waals surface area contributed by atoms with E-state index in [9.17, 15) is 0 Å². The second-order valence-electron chi connectivity index (χ2n) is 3.90. The van der Waals surface area contributed by atoms with Crippen molar-refractivity contribution in [1.29, 1.82) is 0 Å². The fourth-order valence-electron chi connectivity index (χ4n) is 1.70. The largest absolute Gasteiger partial charge is 0.364 e.